The molecule has 0 spiro atoms. The fourth-order valence-corrected chi connectivity index (χ4v) is 1.42. The van der Waals surface area contributed by atoms with Gasteiger partial charge >= 0.3 is 6.03 Å². The van der Waals surface area contributed by atoms with E-state index in [0.29, 0.717) is 22.2 Å². The molecule has 6 heteroatoms. The van der Waals surface area contributed by atoms with Crippen molar-refractivity contribution in [2.24, 2.45) is 5.10 Å². The molecular formula is C10H11Cl2N3O. The zero-order valence-corrected chi connectivity index (χ0v) is 10.1. The van der Waals surface area contributed by atoms with Crippen molar-refractivity contribution in [2.45, 2.75) is 6.92 Å². The molecule has 0 radical (unpaired) electrons. The van der Waals surface area contributed by atoms with E-state index in [-0.39, 0.29) is 6.03 Å². The molecule has 0 saturated heterocycles. The van der Waals surface area contributed by atoms with Crippen molar-refractivity contribution in [3.63, 3.8) is 0 Å². The molecule has 0 saturated carbocycles. The van der Waals surface area contributed by atoms with Gasteiger partial charge in [0.15, 0.2) is 0 Å². The first-order chi connectivity index (χ1) is 7.63. The van der Waals surface area contributed by atoms with Crippen molar-refractivity contribution in [1.82, 2.24) is 10.7 Å². The summed E-state index contributed by atoms with van der Waals surface area (Å²) >= 11 is 11.6. The third-order valence-corrected chi connectivity index (χ3v) is 2.23. The SMILES string of the molecule is CCNC(=O)N/N=C/c1ccc(Cl)cc1Cl. The molecule has 0 atom stereocenters. The number of benzene rings is 1. The number of halogens is 2. The Kier molecular flexibility index (Phi) is 5.08. The van der Waals surface area contributed by atoms with Crippen molar-refractivity contribution < 1.29 is 4.79 Å². The fourth-order valence-electron chi connectivity index (χ4n) is 0.967. The molecule has 2 N–H and O–H groups in total. The molecule has 0 aromatic heterocycles. The number of nitrogens with one attached hydrogen (secondary N) is 2. The predicted octanol–water partition coefficient (Wildman–Crippen LogP) is 2.65. The molecule has 0 heterocycles. The minimum Gasteiger partial charge on any atom is -0.337 e. The number of amides is 2. The standard InChI is InChI=1S/C10H11Cl2N3O/c1-2-13-10(16)15-14-6-7-3-4-8(11)5-9(7)12/h3-6H,2H2,1H3,(H2,13,15,16)/b14-6+. The highest BCUT2D eigenvalue weighted by atomic mass is 35.5. The second-order valence-electron chi connectivity index (χ2n) is 2.90. The third-order valence-electron chi connectivity index (χ3n) is 1.67. The maximum atomic E-state index is 11.0. The van der Waals surface area contributed by atoms with E-state index in [1.807, 2.05) is 6.92 Å². The number of urea groups is 1. The van der Waals surface area contributed by atoms with Gasteiger partial charge in [-0.05, 0) is 19.1 Å². The van der Waals surface area contributed by atoms with Gasteiger partial charge in [0.05, 0.1) is 11.2 Å². The van der Waals surface area contributed by atoms with Crippen molar-refractivity contribution >= 4 is 35.4 Å². The average Bonchev–Trinajstić information content (AvgIpc) is 2.22. The molecule has 16 heavy (non-hydrogen) atoms. The van der Waals surface area contributed by atoms with E-state index in [2.05, 4.69) is 15.8 Å². The summed E-state index contributed by atoms with van der Waals surface area (Å²) in [7, 11) is 0. The van der Waals surface area contributed by atoms with Crippen LogP contribution in [0.1, 0.15) is 12.5 Å². The van der Waals surface area contributed by atoms with Crippen LogP contribution in [-0.4, -0.2) is 18.8 Å². The lowest BCUT2D eigenvalue weighted by atomic mass is 10.2. The summed E-state index contributed by atoms with van der Waals surface area (Å²) in [6.45, 7) is 2.36. The molecule has 0 aliphatic carbocycles. The van der Waals surface area contributed by atoms with E-state index in [4.69, 9.17) is 23.2 Å². The minimum absolute atomic E-state index is 0.358. The number of rotatable bonds is 3. The number of nitrogens with zero attached hydrogens (tertiary/aromatic N) is 1. The van der Waals surface area contributed by atoms with Crippen LogP contribution in [0.3, 0.4) is 0 Å². The van der Waals surface area contributed by atoms with Crippen LogP contribution in [0.25, 0.3) is 0 Å². The second-order valence-corrected chi connectivity index (χ2v) is 3.74. The molecule has 1 rings (SSSR count). The van der Waals surface area contributed by atoms with Crippen molar-refractivity contribution in [3.05, 3.63) is 33.8 Å². The average molecular weight is 260 g/mol. The number of hydrogen-bond donors (Lipinski definition) is 2. The quantitative estimate of drug-likeness (QED) is 0.637. The molecule has 0 bridgehead atoms. The number of hydrogen-bond acceptors (Lipinski definition) is 2. The Morgan fingerprint density at radius 3 is 2.88 bits per heavy atom. The van der Waals surface area contributed by atoms with Crippen LogP contribution in [-0.2, 0) is 0 Å². The van der Waals surface area contributed by atoms with Crippen LogP contribution in [0.2, 0.25) is 10.0 Å². The monoisotopic (exact) mass is 259 g/mol. The normalized spacial score (nSPS) is 10.4. The van der Waals surface area contributed by atoms with Gasteiger partial charge in [0.25, 0.3) is 0 Å². The molecule has 1 aromatic rings. The van der Waals surface area contributed by atoms with E-state index in [9.17, 15) is 4.79 Å². The minimum atomic E-state index is -0.358. The summed E-state index contributed by atoms with van der Waals surface area (Å²) in [6.07, 6.45) is 1.45. The molecule has 86 valence electrons. The van der Waals surface area contributed by atoms with Gasteiger partial charge in [-0.25, -0.2) is 10.2 Å². The van der Waals surface area contributed by atoms with Crippen LogP contribution in [0.15, 0.2) is 23.3 Å². The lowest BCUT2D eigenvalue weighted by Gasteiger charge is -2.00. The Labute approximate surface area is 104 Å². The highest BCUT2D eigenvalue weighted by molar-refractivity contribution is 6.36. The van der Waals surface area contributed by atoms with Crippen molar-refractivity contribution in [2.75, 3.05) is 6.54 Å². The molecule has 2 amide bonds. The van der Waals surface area contributed by atoms with Gasteiger partial charge in [0.2, 0.25) is 0 Å². The molecule has 0 aliphatic heterocycles. The van der Waals surface area contributed by atoms with E-state index >= 15 is 0 Å². The zero-order valence-electron chi connectivity index (χ0n) is 8.63. The summed E-state index contributed by atoms with van der Waals surface area (Å²) in [4.78, 5) is 11.0. The van der Waals surface area contributed by atoms with Gasteiger partial charge in [0, 0.05) is 17.1 Å². The fraction of sp³-hybridized carbons (Fsp3) is 0.200. The molecule has 0 aliphatic rings. The van der Waals surface area contributed by atoms with E-state index in [1.54, 1.807) is 18.2 Å². The van der Waals surface area contributed by atoms with Crippen molar-refractivity contribution in [1.29, 1.82) is 0 Å². The van der Waals surface area contributed by atoms with Gasteiger partial charge in [-0.1, -0.05) is 29.3 Å². The van der Waals surface area contributed by atoms with Gasteiger partial charge in [-0.2, -0.15) is 5.10 Å². The first-order valence-electron chi connectivity index (χ1n) is 4.65. The van der Waals surface area contributed by atoms with Crippen LogP contribution in [0.4, 0.5) is 4.79 Å². The summed E-state index contributed by atoms with van der Waals surface area (Å²) in [5, 5.41) is 7.31. The highest BCUT2D eigenvalue weighted by Crippen LogP contribution is 2.19. The van der Waals surface area contributed by atoms with Crippen LogP contribution < -0.4 is 10.7 Å². The molecule has 0 unspecified atom stereocenters. The number of carbonyl (C=O) groups is 1. The summed E-state index contributed by atoms with van der Waals surface area (Å²) in [5.74, 6) is 0. The van der Waals surface area contributed by atoms with E-state index in [0.717, 1.165) is 0 Å². The Hall–Kier alpha value is -1.26. The van der Waals surface area contributed by atoms with Crippen LogP contribution >= 0.6 is 23.2 Å². The van der Waals surface area contributed by atoms with Gasteiger partial charge < -0.3 is 5.32 Å². The smallest absolute Gasteiger partial charge is 0.335 e. The summed E-state index contributed by atoms with van der Waals surface area (Å²) < 4.78 is 0. The first kappa shape index (κ1) is 12.8. The Morgan fingerprint density at radius 2 is 2.25 bits per heavy atom. The largest absolute Gasteiger partial charge is 0.337 e. The lowest BCUT2D eigenvalue weighted by molar-refractivity contribution is 0.242. The van der Waals surface area contributed by atoms with Crippen LogP contribution in [0, 0.1) is 0 Å². The van der Waals surface area contributed by atoms with Crippen LogP contribution in [0.5, 0.6) is 0 Å². The Balaban J connectivity index is 2.59. The molecule has 1 aromatic carbocycles. The van der Waals surface area contributed by atoms with Gasteiger partial charge in [-0.3, -0.25) is 0 Å². The van der Waals surface area contributed by atoms with Gasteiger partial charge in [0.1, 0.15) is 0 Å². The maximum absolute atomic E-state index is 11.0. The van der Waals surface area contributed by atoms with E-state index < -0.39 is 0 Å². The van der Waals surface area contributed by atoms with Gasteiger partial charge in [-0.15, -0.1) is 0 Å². The first-order valence-corrected chi connectivity index (χ1v) is 5.41. The summed E-state index contributed by atoms with van der Waals surface area (Å²) in [5.41, 5.74) is 2.98. The Morgan fingerprint density at radius 1 is 1.50 bits per heavy atom. The topological polar surface area (TPSA) is 53.5 Å². The Bertz CT molecular complexity index is 407. The lowest BCUT2D eigenvalue weighted by Crippen LogP contribution is -2.31. The molecular weight excluding hydrogens is 249 g/mol. The second kappa shape index (κ2) is 6.35. The van der Waals surface area contributed by atoms with Crippen molar-refractivity contribution in [3.8, 4) is 0 Å². The maximum Gasteiger partial charge on any atom is 0.335 e. The number of carbonyl (C=O) groups excluding carboxylic acids is 1. The molecule has 4 nitrogen and oxygen atoms in total. The zero-order chi connectivity index (χ0) is 12.0. The van der Waals surface area contributed by atoms with E-state index in [1.165, 1.54) is 6.21 Å². The third kappa shape index (κ3) is 4.08. The highest BCUT2D eigenvalue weighted by Gasteiger charge is 1.98. The molecule has 0 fully saturated rings. The predicted molar refractivity (Wildman–Crippen MR) is 66.3 cm³/mol. The number of hydrazone groups is 1. The summed E-state index contributed by atoms with van der Waals surface area (Å²) in [6, 6.07) is 4.66.